The van der Waals surface area contributed by atoms with Crippen molar-refractivity contribution in [2.24, 2.45) is 0 Å². The number of nitrogens with one attached hydrogen (secondary N) is 3. The molecule has 0 aliphatic carbocycles. The molecule has 0 aliphatic heterocycles. The number of hydrogen-bond acceptors (Lipinski definition) is 4. The standard InChI is InChI=1S/C19H12F4N6O2/c20-11-5-14-15(9-29(16(14)24-6-11)13-7-25-26-8-13)28-18(31)17(30)27-12-3-1-10(2-4-12)19(21,22)23/h1-9H,(H,25,26)(H,27,30)(H,28,31). The van der Waals surface area contributed by atoms with Crippen LogP contribution in [-0.2, 0) is 15.8 Å². The number of rotatable bonds is 3. The molecule has 1 aromatic carbocycles. The maximum absolute atomic E-state index is 13.7. The molecule has 4 rings (SSSR count). The molecule has 8 nitrogen and oxygen atoms in total. The van der Waals surface area contributed by atoms with E-state index in [-0.39, 0.29) is 16.8 Å². The van der Waals surface area contributed by atoms with E-state index in [0.717, 1.165) is 36.5 Å². The van der Waals surface area contributed by atoms with Crippen molar-refractivity contribution in [3.05, 3.63) is 66.5 Å². The minimum Gasteiger partial charge on any atom is -0.318 e. The number of halogens is 4. The minimum absolute atomic E-state index is 0.00156. The summed E-state index contributed by atoms with van der Waals surface area (Å²) in [5.74, 6) is -2.87. The third-order valence-corrected chi connectivity index (χ3v) is 4.30. The Morgan fingerprint density at radius 3 is 2.39 bits per heavy atom. The number of pyridine rings is 1. The molecule has 0 aliphatic rings. The molecular formula is C19H12F4N6O2. The highest BCUT2D eigenvalue weighted by molar-refractivity contribution is 6.44. The average Bonchev–Trinajstić information content (AvgIpc) is 3.36. The largest absolute Gasteiger partial charge is 0.416 e. The third-order valence-electron chi connectivity index (χ3n) is 4.30. The number of aromatic nitrogens is 4. The Kier molecular flexibility index (Phi) is 4.89. The summed E-state index contributed by atoms with van der Waals surface area (Å²) in [7, 11) is 0. The Morgan fingerprint density at radius 1 is 1.03 bits per heavy atom. The first-order valence-corrected chi connectivity index (χ1v) is 8.68. The summed E-state index contributed by atoms with van der Waals surface area (Å²) >= 11 is 0. The Bertz CT molecular complexity index is 1260. The van der Waals surface area contributed by atoms with Gasteiger partial charge in [-0.15, -0.1) is 0 Å². The maximum atomic E-state index is 13.7. The molecule has 31 heavy (non-hydrogen) atoms. The minimum atomic E-state index is -4.52. The molecule has 0 bridgehead atoms. The van der Waals surface area contributed by atoms with Crippen LogP contribution in [0.1, 0.15) is 5.56 Å². The highest BCUT2D eigenvalue weighted by Gasteiger charge is 2.30. The lowest BCUT2D eigenvalue weighted by atomic mass is 10.2. The van der Waals surface area contributed by atoms with Crippen molar-refractivity contribution in [1.82, 2.24) is 19.7 Å². The van der Waals surface area contributed by atoms with Gasteiger partial charge >= 0.3 is 18.0 Å². The molecule has 3 N–H and O–H groups in total. The topological polar surface area (TPSA) is 105 Å². The Labute approximate surface area is 170 Å². The average molecular weight is 432 g/mol. The first-order chi connectivity index (χ1) is 14.7. The van der Waals surface area contributed by atoms with Gasteiger partial charge < -0.3 is 10.6 Å². The Balaban J connectivity index is 1.55. The van der Waals surface area contributed by atoms with Gasteiger partial charge in [0.1, 0.15) is 11.5 Å². The van der Waals surface area contributed by atoms with Gasteiger partial charge in [0.25, 0.3) is 0 Å². The van der Waals surface area contributed by atoms with E-state index in [1.54, 1.807) is 6.20 Å². The van der Waals surface area contributed by atoms with Crippen molar-refractivity contribution in [3.8, 4) is 5.69 Å². The van der Waals surface area contributed by atoms with Crippen LogP contribution in [0, 0.1) is 5.82 Å². The first-order valence-electron chi connectivity index (χ1n) is 8.68. The molecular weight excluding hydrogens is 420 g/mol. The number of nitrogens with zero attached hydrogens (tertiary/aromatic N) is 3. The zero-order chi connectivity index (χ0) is 22.2. The van der Waals surface area contributed by atoms with Crippen LogP contribution >= 0.6 is 0 Å². The molecule has 2 amide bonds. The van der Waals surface area contributed by atoms with Crippen LogP contribution < -0.4 is 10.6 Å². The summed E-state index contributed by atoms with van der Waals surface area (Å²) in [6.07, 6.45) is 0.945. The van der Waals surface area contributed by atoms with Crippen LogP contribution in [0.4, 0.5) is 28.9 Å². The summed E-state index contributed by atoms with van der Waals surface area (Å²) in [6, 6.07) is 4.75. The van der Waals surface area contributed by atoms with Crippen LogP contribution in [0.3, 0.4) is 0 Å². The van der Waals surface area contributed by atoms with Crippen LogP contribution in [0.5, 0.6) is 0 Å². The van der Waals surface area contributed by atoms with Crippen molar-refractivity contribution in [2.45, 2.75) is 6.18 Å². The highest BCUT2D eigenvalue weighted by Crippen LogP contribution is 2.30. The number of aromatic amines is 1. The summed E-state index contributed by atoms with van der Waals surface area (Å²) in [5.41, 5.74) is 0.0778. The molecule has 0 atom stereocenters. The van der Waals surface area contributed by atoms with Crippen LogP contribution in [0.25, 0.3) is 16.7 Å². The summed E-state index contributed by atoms with van der Waals surface area (Å²) in [5, 5.41) is 11.2. The molecule has 3 heterocycles. The van der Waals surface area contributed by atoms with Crippen molar-refractivity contribution in [1.29, 1.82) is 0 Å². The normalized spacial score (nSPS) is 11.5. The lowest BCUT2D eigenvalue weighted by Gasteiger charge is -2.09. The van der Waals surface area contributed by atoms with Crippen LogP contribution in [-0.4, -0.2) is 31.6 Å². The van der Waals surface area contributed by atoms with Crippen LogP contribution in [0.2, 0.25) is 0 Å². The SMILES string of the molecule is O=C(Nc1ccc(C(F)(F)F)cc1)C(=O)Nc1cn(-c2cn[nH]c2)c2ncc(F)cc12. The number of carbonyl (C=O) groups is 2. The van der Waals surface area contributed by atoms with E-state index in [1.807, 2.05) is 0 Å². The molecule has 3 aromatic heterocycles. The lowest BCUT2D eigenvalue weighted by Crippen LogP contribution is -2.29. The number of H-pyrrole nitrogens is 1. The summed E-state index contributed by atoms with van der Waals surface area (Å²) in [6.45, 7) is 0. The molecule has 0 unspecified atom stereocenters. The maximum Gasteiger partial charge on any atom is 0.416 e. The Hall–Kier alpha value is -4.22. The van der Waals surface area contributed by atoms with Gasteiger partial charge in [0.2, 0.25) is 0 Å². The van der Waals surface area contributed by atoms with Gasteiger partial charge in [0, 0.05) is 23.5 Å². The van der Waals surface area contributed by atoms with E-state index < -0.39 is 29.4 Å². The fraction of sp³-hybridized carbons (Fsp3) is 0.0526. The smallest absolute Gasteiger partial charge is 0.318 e. The van der Waals surface area contributed by atoms with Gasteiger partial charge in [-0.3, -0.25) is 19.3 Å². The van der Waals surface area contributed by atoms with Crippen LogP contribution in [0.15, 0.2) is 55.1 Å². The molecule has 0 saturated carbocycles. The second kappa shape index (κ2) is 7.55. The number of fused-ring (bicyclic) bond motifs is 1. The number of carbonyl (C=O) groups excluding carboxylic acids is 2. The number of anilines is 2. The first kappa shape index (κ1) is 20.1. The Morgan fingerprint density at radius 2 is 1.74 bits per heavy atom. The van der Waals surface area contributed by atoms with E-state index >= 15 is 0 Å². The van der Waals surface area contributed by atoms with E-state index in [1.165, 1.54) is 17.0 Å². The number of amides is 2. The van der Waals surface area contributed by atoms with Gasteiger partial charge in [0.05, 0.1) is 29.3 Å². The van der Waals surface area contributed by atoms with Crippen molar-refractivity contribution >= 4 is 34.2 Å². The van der Waals surface area contributed by atoms with Gasteiger partial charge in [-0.1, -0.05) is 0 Å². The van der Waals surface area contributed by atoms with Crippen molar-refractivity contribution in [3.63, 3.8) is 0 Å². The molecule has 158 valence electrons. The molecule has 0 fully saturated rings. The number of benzene rings is 1. The predicted octanol–water partition coefficient (Wildman–Crippen LogP) is 3.48. The van der Waals surface area contributed by atoms with E-state index in [2.05, 4.69) is 25.8 Å². The van der Waals surface area contributed by atoms with Gasteiger partial charge in [-0.25, -0.2) is 9.37 Å². The molecule has 4 aromatic rings. The number of hydrogen-bond donors (Lipinski definition) is 3. The monoisotopic (exact) mass is 432 g/mol. The quantitative estimate of drug-likeness (QED) is 0.341. The molecule has 0 radical (unpaired) electrons. The second-order valence-electron chi connectivity index (χ2n) is 6.38. The second-order valence-corrected chi connectivity index (χ2v) is 6.38. The van der Waals surface area contributed by atoms with E-state index in [0.29, 0.717) is 11.3 Å². The molecule has 0 saturated heterocycles. The van der Waals surface area contributed by atoms with E-state index in [9.17, 15) is 27.2 Å². The fourth-order valence-corrected chi connectivity index (χ4v) is 2.86. The molecule has 12 heteroatoms. The number of alkyl halides is 3. The van der Waals surface area contributed by atoms with Crippen molar-refractivity contribution in [2.75, 3.05) is 10.6 Å². The fourth-order valence-electron chi connectivity index (χ4n) is 2.86. The van der Waals surface area contributed by atoms with Gasteiger partial charge in [0.15, 0.2) is 0 Å². The summed E-state index contributed by atoms with van der Waals surface area (Å²) < 4.78 is 53.1. The lowest BCUT2D eigenvalue weighted by molar-refractivity contribution is -0.137. The zero-order valence-corrected chi connectivity index (χ0v) is 15.4. The van der Waals surface area contributed by atoms with Crippen molar-refractivity contribution < 1.29 is 27.2 Å². The molecule has 0 spiro atoms. The summed E-state index contributed by atoms with van der Waals surface area (Å²) in [4.78, 5) is 28.5. The van der Waals surface area contributed by atoms with Gasteiger partial charge in [-0.2, -0.15) is 18.3 Å². The zero-order valence-electron chi connectivity index (χ0n) is 15.4. The van der Waals surface area contributed by atoms with E-state index in [4.69, 9.17) is 0 Å². The van der Waals surface area contributed by atoms with Gasteiger partial charge in [-0.05, 0) is 30.3 Å². The predicted molar refractivity (Wildman–Crippen MR) is 102 cm³/mol. The third kappa shape index (κ3) is 4.08. The highest BCUT2D eigenvalue weighted by atomic mass is 19.4.